The van der Waals surface area contributed by atoms with Crippen molar-refractivity contribution in [1.29, 1.82) is 0 Å². The third-order valence-corrected chi connectivity index (χ3v) is 4.67. The molecule has 2 heterocycles. The number of aromatic nitrogens is 1. The largest absolute Gasteiger partial charge is 0.481 e. The molecule has 0 atom stereocenters. The quantitative estimate of drug-likeness (QED) is 0.882. The lowest BCUT2D eigenvalue weighted by atomic mass is 10.2. The minimum atomic E-state index is -0.216. The number of thiophene rings is 1. The molecule has 7 heteroatoms. The fourth-order valence-electron chi connectivity index (χ4n) is 2.10. The van der Waals surface area contributed by atoms with E-state index in [0.717, 1.165) is 18.4 Å². The summed E-state index contributed by atoms with van der Waals surface area (Å²) in [7, 11) is 1.53. The van der Waals surface area contributed by atoms with Crippen LogP contribution in [0.1, 0.15) is 28.1 Å². The van der Waals surface area contributed by atoms with Crippen LogP contribution in [0.2, 0.25) is 0 Å². The van der Waals surface area contributed by atoms with E-state index in [1.165, 1.54) is 24.6 Å². The summed E-state index contributed by atoms with van der Waals surface area (Å²) < 4.78 is 4.98. The van der Waals surface area contributed by atoms with Crippen LogP contribution >= 0.6 is 11.3 Å². The van der Waals surface area contributed by atoms with Crippen molar-refractivity contribution < 1.29 is 14.3 Å². The predicted octanol–water partition coefficient (Wildman–Crippen LogP) is 3.06. The van der Waals surface area contributed by atoms with E-state index in [2.05, 4.69) is 15.6 Å². The van der Waals surface area contributed by atoms with Crippen LogP contribution in [-0.4, -0.2) is 23.9 Å². The molecule has 1 aliphatic carbocycles. The minimum absolute atomic E-state index is 0.0394. The highest BCUT2D eigenvalue weighted by molar-refractivity contribution is 7.18. The van der Waals surface area contributed by atoms with Gasteiger partial charge in [0.05, 0.1) is 28.9 Å². The van der Waals surface area contributed by atoms with Gasteiger partial charge in [0.2, 0.25) is 11.8 Å². The first-order chi connectivity index (χ1) is 11.1. The number of methoxy groups -OCH3 is 1. The van der Waals surface area contributed by atoms with Crippen LogP contribution in [0, 0.1) is 12.8 Å². The minimum Gasteiger partial charge on any atom is -0.481 e. The summed E-state index contributed by atoms with van der Waals surface area (Å²) in [5.41, 5.74) is 1.42. The Labute approximate surface area is 137 Å². The molecule has 1 fully saturated rings. The van der Waals surface area contributed by atoms with Gasteiger partial charge in [-0.25, -0.2) is 4.98 Å². The SMILES string of the molecule is COc1ccc(NC(=O)c2sc(NC(=O)C3CC3)cc2C)cn1. The Morgan fingerprint density at radius 2 is 2.09 bits per heavy atom. The Balaban J connectivity index is 1.68. The van der Waals surface area contributed by atoms with Crippen LogP contribution in [0.25, 0.3) is 0 Å². The number of anilines is 2. The standard InChI is InChI=1S/C16H17N3O3S/c1-9-7-13(19-15(20)10-3-4-10)23-14(9)16(21)18-11-5-6-12(22-2)17-8-11/h5-8,10H,3-4H2,1-2H3,(H,18,21)(H,19,20). The van der Waals surface area contributed by atoms with Gasteiger partial charge in [-0.2, -0.15) is 0 Å². The summed E-state index contributed by atoms with van der Waals surface area (Å²) in [5, 5.41) is 6.37. The molecule has 3 rings (SSSR count). The monoisotopic (exact) mass is 331 g/mol. The highest BCUT2D eigenvalue weighted by atomic mass is 32.1. The Kier molecular flexibility index (Phi) is 4.29. The van der Waals surface area contributed by atoms with E-state index >= 15 is 0 Å². The van der Waals surface area contributed by atoms with E-state index in [-0.39, 0.29) is 17.7 Å². The molecule has 0 aromatic carbocycles. The number of carbonyl (C=O) groups excluding carboxylic acids is 2. The van der Waals surface area contributed by atoms with Crippen molar-refractivity contribution in [3.8, 4) is 5.88 Å². The molecule has 1 saturated carbocycles. The first-order valence-electron chi connectivity index (χ1n) is 7.29. The van der Waals surface area contributed by atoms with Crippen LogP contribution in [0.4, 0.5) is 10.7 Å². The number of aryl methyl sites for hydroxylation is 1. The molecule has 0 aliphatic heterocycles. The third kappa shape index (κ3) is 3.68. The molecule has 0 spiro atoms. The van der Waals surface area contributed by atoms with E-state index in [9.17, 15) is 9.59 Å². The van der Waals surface area contributed by atoms with Gasteiger partial charge in [0.15, 0.2) is 0 Å². The zero-order chi connectivity index (χ0) is 16.4. The van der Waals surface area contributed by atoms with E-state index in [0.29, 0.717) is 21.4 Å². The number of ether oxygens (including phenoxy) is 1. The predicted molar refractivity (Wildman–Crippen MR) is 89.2 cm³/mol. The highest BCUT2D eigenvalue weighted by Crippen LogP contribution is 2.33. The highest BCUT2D eigenvalue weighted by Gasteiger charge is 2.30. The van der Waals surface area contributed by atoms with Crippen LogP contribution in [-0.2, 0) is 4.79 Å². The fourth-order valence-corrected chi connectivity index (χ4v) is 3.07. The van der Waals surface area contributed by atoms with Crippen molar-refractivity contribution in [3.63, 3.8) is 0 Å². The molecule has 120 valence electrons. The van der Waals surface area contributed by atoms with Crippen LogP contribution in [0.3, 0.4) is 0 Å². The third-order valence-electron chi connectivity index (χ3n) is 3.52. The van der Waals surface area contributed by atoms with Gasteiger partial charge in [-0.05, 0) is 37.5 Å². The van der Waals surface area contributed by atoms with E-state index < -0.39 is 0 Å². The molecular weight excluding hydrogens is 314 g/mol. The molecule has 2 N–H and O–H groups in total. The maximum atomic E-state index is 12.4. The smallest absolute Gasteiger partial charge is 0.266 e. The summed E-state index contributed by atoms with van der Waals surface area (Å²) in [4.78, 5) is 28.8. The Morgan fingerprint density at radius 3 is 2.70 bits per heavy atom. The molecule has 2 aromatic heterocycles. The van der Waals surface area contributed by atoms with Gasteiger partial charge < -0.3 is 15.4 Å². The second-order valence-corrected chi connectivity index (χ2v) is 6.48. The summed E-state index contributed by atoms with van der Waals surface area (Å²) in [6.45, 7) is 1.85. The maximum absolute atomic E-state index is 12.4. The number of nitrogens with one attached hydrogen (secondary N) is 2. The van der Waals surface area contributed by atoms with Gasteiger partial charge in [0.1, 0.15) is 0 Å². The van der Waals surface area contributed by atoms with Gasteiger partial charge >= 0.3 is 0 Å². The molecule has 0 bridgehead atoms. The van der Waals surface area contributed by atoms with Crippen LogP contribution in [0.15, 0.2) is 24.4 Å². The first kappa shape index (κ1) is 15.5. The van der Waals surface area contributed by atoms with Gasteiger partial charge in [0.25, 0.3) is 5.91 Å². The maximum Gasteiger partial charge on any atom is 0.266 e. The van der Waals surface area contributed by atoms with Crippen molar-refractivity contribution in [2.24, 2.45) is 5.92 Å². The lowest BCUT2D eigenvalue weighted by Crippen LogP contribution is -2.12. The molecule has 0 unspecified atom stereocenters. The Morgan fingerprint density at radius 1 is 1.30 bits per heavy atom. The van der Waals surface area contributed by atoms with Crippen LogP contribution < -0.4 is 15.4 Å². The topological polar surface area (TPSA) is 80.3 Å². The van der Waals surface area contributed by atoms with Crippen LogP contribution in [0.5, 0.6) is 5.88 Å². The van der Waals surface area contributed by atoms with E-state index in [1.807, 2.05) is 13.0 Å². The van der Waals surface area contributed by atoms with Crippen molar-refractivity contribution in [1.82, 2.24) is 4.98 Å². The first-order valence-corrected chi connectivity index (χ1v) is 8.11. The average Bonchev–Trinajstić information content (AvgIpc) is 3.32. The molecular formula is C16H17N3O3S. The second kappa shape index (κ2) is 6.37. The van der Waals surface area contributed by atoms with Gasteiger partial charge in [-0.3, -0.25) is 9.59 Å². The lowest BCUT2D eigenvalue weighted by molar-refractivity contribution is -0.117. The van der Waals surface area contributed by atoms with Crippen molar-refractivity contribution in [3.05, 3.63) is 34.8 Å². The number of hydrogen-bond acceptors (Lipinski definition) is 5. The summed E-state index contributed by atoms with van der Waals surface area (Å²) in [5.74, 6) is 0.449. The Bertz CT molecular complexity index is 736. The number of rotatable bonds is 5. The fraction of sp³-hybridized carbons (Fsp3) is 0.312. The molecule has 0 radical (unpaired) electrons. The normalized spacial score (nSPS) is 13.5. The summed E-state index contributed by atoms with van der Waals surface area (Å²) in [6.07, 6.45) is 3.44. The number of nitrogens with zero attached hydrogens (tertiary/aromatic N) is 1. The number of pyridine rings is 1. The average molecular weight is 331 g/mol. The van der Waals surface area contributed by atoms with E-state index in [1.54, 1.807) is 12.1 Å². The lowest BCUT2D eigenvalue weighted by Gasteiger charge is -2.05. The van der Waals surface area contributed by atoms with Gasteiger partial charge in [-0.1, -0.05) is 0 Å². The molecule has 1 aliphatic rings. The summed E-state index contributed by atoms with van der Waals surface area (Å²) in [6, 6.07) is 5.23. The van der Waals surface area contributed by atoms with Gasteiger partial charge in [0, 0.05) is 12.0 Å². The molecule has 6 nitrogen and oxygen atoms in total. The molecule has 2 aromatic rings. The molecule has 0 saturated heterocycles. The number of carbonyl (C=O) groups is 2. The van der Waals surface area contributed by atoms with Crippen molar-refractivity contribution in [2.45, 2.75) is 19.8 Å². The summed E-state index contributed by atoms with van der Waals surface area (Å²) >= 11 is 1.28. The van der Waals surface area contributed by atoms with Gasteiger partial charge in [-0.15, -0.1) is 11.3 Å². The van der Waals surface area contributed by atoms with E-state index in [4.69, 9.17) is 4.74 Å². The molecule has 23 heavy (non-hydrogen) atoms. The zero-order valence-electron chi connectivity index (χ0n) is 12.9. The van der Waals surface area contributed by atoms with Crippen molar-refractivity contribution in [2.75, 3.05) is 17.7 Å². The number of hydrogen-bond donors (Lipinski definition) is 2. The van der Waals surface area contributed by atoms with Crippen molar-refractivity contribution >= 4 is 33.8 Å². The number of amides is 2. The Hall–Kier alpha value is -2.41. The zero-order valence-corrected chi connectivity index (χ0v) is 13.7. The second-order valence-electron chi connectivity index (χ2n) is 5.43. The molecule has 2 amide bonds.